The third-order valence-electron chi connectivity index (χ3n) is 14.3. The molecular formula is C35H58O5. The number of methoxy groups -OCH3 is 1. The van der Waals surface area contributed by atoms with E-state index >= 15 is 0 Å². The smallest absolute Gasteiger partial charge is 0.305 e. The lowest BCUT2D eigenvalue weighted by Crippen LogP contribution is -2.66. The lowest BCUT2D eigenvalue weighted by Gasteiger charge is -2.71. The molecule has 5 heteroatoms. The van der Waals surface area contributed by atoms with Crippen molar-refractivity contribution in [3.63, 3.8) is 0 Å². The molecule has 228 valence electrons. The van der Waals surface area contributed by atoms with Crippen LogP contribution in [0.1, 0.15) is 119 Å². The van der Waals surface area contributed by atoms with Gasteiger partial charge in [0, 0.05) is 23.9 Å². The van der Waals surface area contributed by atoms with E-state index in [1.165, 1.54) is 32.8 Å². The molecule has 0 heterocycles. The minimum Gasteiger partial charge on any atom is -0.469 e. The SMILES string of the molecule is COC(=O)CCCO[C@@H]1CC(C)(C)C[C@@H]2C3=CC[C@@H]4[C@@]5(C)CC[C@H](O)[C@@](C)(CO)C5CC[C@@]4(C)[C@]3(C)CC[C@]21C. The molecule has 40 heavy (non-hydrogen) atoms. The number of allylic oxidation sites excluding steroid dienone is 2. The maximum Gasteiger partial charge on any atom is 0.305 e. The van der Waals surface area contributed by atoms with Crippen molar-refractivity contribution < 1.29 is 24.5 Å². The summed E-state index contributed by atoms with van der Waals surface area (Å²) >= 11 is 0. The number of hydrogen-bond donors (Lipinski definition) is 2. The van der Waals surface area contributed by atoms with Gasteiger partial charge in [-0.15, -0.1) is 0 Å². The Morgan fingerprint density at radius 3 is 2.35 bits per heavy atom. The summed E-state index contributed by atoms with van der Waals surface area (Å²) in [6, 6.07) is 0. The summed E-state index contributed by atoms with van der Waals surface area (Å²) in [5.41, 5.74) is 2.12. The molecule has 0 aromatic carbocycles. The lowest BCUT2D eigenvalue weighted by molar-refractivity contribution is -0.220. The van der Waals surface area contributed by atoms with Crippen LogP contribution in [0.3, 0.4) is 0 Å². The van der Waals surface area contributed by atoms with Crippen molar-refractivity contribution >= 4 is 5.97 Å². The molecule has 0 saturated heterocycles. The quantitative estimate of drug-likeness (QED) is 0.207. The van der Waals surface area contributed by atoms with Gasteiger partial charge in [0.25, 0.3) is 0 Å². The molecular weight excluding hydrogens is 500 g/mol. The largest absolute Gasteiger partial charge is 0.469 e. The maximum atomic E-state index is 11.7. The van der Waals surface area contributed by atoms with Crippen LogP contribution in [0.4, 0.5) is 0 Å². The molecule has 0 amide bonds. The molecule has 0 aliphatic heterocycles. The highest BCUT2D eigenvalue weighted by Gasteiger charge is 2.69. The van der Waals surface area contributed by atoms with Crippen LogP contribution in [0.15, 0.2) is 11.6 Å². The van der Waals surface area contributed by atoms with E-state index in [2.05, 4.69) is 54.5 Å². The first-order valence-corrected chi connectivity index (χ1v) is 16.3. The molecule has 4 saturated carbocycles. The Labute approximate surface area is 243 Å². The topological polar surface area (TPSA) is 76.0 Å². The van der Waals surface area contributed by atoms with Crippen molar-refractivity contribution in [2.75, 3.05) is 20.3 Å². The van der Waals surface area contributed by atoms with Crippen molar-refractivity contribution in [3.8, 4) is 0 Å². The normalized spacial score (nSPS) is 49.5. The monoisotopic (exact) mass is 558 g/mol. The average Bonchev–Trinajstić information content (AvgIpc) is 2.90. The number of rotatable bonds is 6. The fraction of sp³-hybridized carbons (Fsp3) is 0.914. The molecule has 5 aliphatic rings. The number of hydrogen-bond acceptors (Lipinski definition) is 5. The predicted molar refractivity (Wildman–Crippen MR) is 159 cm³/mol. The number of esters is 1. The molecule has 5 aliphatic carbocycles. The van der Waals surface area contributed by atoms with Crippen molar-refractivity contribution in [1.82, 2.24) is 0 Å². The number of aliphatic hydroxyl groups excluding tert-OH is 2. The van der Waals surface area contributed by atoms with Crippen LogP contribution in [-0.2, 0) is 14.3 Å². The number of carbonyl (C=O) groups excluding carboxylic acids is 1. The van der Waals surface area contributed by atoms with Crippen LogP contribution in [0.5, 0.6) is 0 Å². The Kier molecular flexibility index (Phi) is 7.70. The van der Waals surface area contributed by atoms with Gasteiger partial charge in [-0.3, -0.25) is 4.79 Å². The molecule has 2 N–H and O–H groups in total. The van der Waals surface area contributed by atoms with E-state index < -0.39 is 11.5 Å². The van der Waals surface area contributed by atoms with Crippen molar-refractivity contribution in [2.24, 2.45) is 50.2 Å². The summed E-state index contributed by atoms with van der Waals surface area (Å²) in [6.07, 6.45) is 13.5. The molecule has 4 fully saturated rings. The van der Waals surface area contributed by atoms with Crippen molar-refractivity contribution in [1.29, 1.82) is 0 Å². The molecule has 5 nitrogen and oxygen atoms in total. The van der Waals surface area contributed by atoms with Crippen LogP contribution < -0.4 is 0 Å². The maximum absolute atomic E-state index is 11.7. The summed E-state index contributed by atoms with van der Waals surface area (Å²) in [7, 11) is 1.45. The van der Waals surface area contributed by atoms with Gasteiger partial charge in [0.05, 0.1) is 25.9 Å². The van der Waals surface area contributed by atoms with Gasteiger partial charge < -0.3 is 19.7 Å². The first kappa shape index (κ1) is 30.5. The third-order valence-corrected chi connectivity index (χ3v) is 14.3. The second-order valence-electron chi connectivity index (χ2n) is 16.7. The van der Waals surface area contributed by atoms with Gasteiger partial charge in [-0.2, -0.15) is 0 Å². The molecule has 10 atom stereocenters. The van der Waals surface area contributed by atoms with Gasteiger partial charge in [0.2, 0.25) is 0 Å². The second kappa shape index (κ2) is 10.1. The molecule has 0 spiro atoms. The van der Waals surface area contributed by atoms with Crippen LogP contribution in [-0.4, -0.2) is 48.7 Å². The van der Waals surface area contributed by atoms with Crippen LogP contribution in [0, 0.1) is 50.2 Å². The number of fused-ring (bicyclic) bond motifs is 7. The van der Waals surface area contributed by atoms with E-state index in [1.807, 2.05) is 0 Å². The summed E-state index contributed by atoms with van der Waals surface area (Å²) in [5.74, 6) is 1.28. The Morgan fingerprint density at radius 2 is 1.68 bits per heavy atom. The number of carbonyl (C=O) groups is 1. The minimum atomic E-state index is -0.408. The highest BCUT2D eigenvalue weighted by molar-refractivity contribution is 5.69. The van der Waals surface area contributed by atoms with Gasteiger partial charge in [0.1, 0.15) is 0 Å². The van der Waals surface area contributed by atoms with Gasteiger partial charge in [-0.1, -0.05) is 60.1 Å². The van der Waals surface area contributed by atoms with E-state index in [1.54, 1.807) is 5.57 Å². The Bertz CT molecular complexity index is 1020. The number of ether oxygens (including phenoxy) is 2. The Morgan fingerprint density at radius 1 is 0.950 bits per heavy atom. The fourth-order valence-electron chi connectivity index (χ4n) is 11.5. The minimum absolute atomic E-state index is 0.0761. The van der Waals surface area contributed by atoms with Gasteiger partial charge >= 0.3 is 5.97 Å². The Hall–Kier alpha value is -0.910. The molecule has 5 rings (SSSR count). The highest BCUT2D eigenvalue weighted by atomic mass is 16.5. The first-order valence-electron chi connectivity index (χ1n) is 16.3. The molecule has 1 unspecified atom stereocenters. The van der Waals surface area contributed by atoms with Crippen LogP contribution in [0.25, 0.3) is 0 Å². The molecule has 0 aromatic heterocycles. The van der Waals surface area contributed by atoms with Crippen molar-refractivity contribution in [2.45, 2.75) is 131 Å². The lowest BCUT2D eigenvalue weighted by atomic mass is 9.33. The van der Waals surface area contributed by atoms with Crippen LogP contribution in [0.2, 0.25) is 0 Å². The number of aliphatic hydroxyl groups is 2. The zero-order valence-corrected chi connectivity index (χ0v) is 26.8. The summed E-state index contributed by atoms with van der Waals surface area (Å²) in [5, 5.41) is 21.5. The summed E-state index contributed by atoms with van der Waals surface area (Å²) in [4.78, 5) is 11.7. The van der Waals surface area contributed by atoms with E-state index in [4.69, 9.17) is 9.47 Å². The van der Waals surface area contributed by atoms with Gasteiger partial charge in [0.15, 0.2) is 0 Å². The van der Waals surface area contributed by atoms with E-state index in [0.29, 0.717) is 37.2 Å². The standard InChI is InChI=1S/C35H58O5/c1-30(2)20-24-23-11-12-26-32(4)15-14-27(37)33(5,22-36)25(32)13-16-35(26,7)34(23,6)18-17-31(24,3)28(21-30)40-19-9-10-29(38)39-8/h11,24-28,36-37H,9-10,12-22H2,1-8H3/t24-,25?,26-,27+,28-,31-,32+,33+,34-,35-/m1/s1. The average molecular weight is 559 g/mol. The molecule has 0 radical (unpaired) electrons. The highest BCUT2D eigenvalue weighted by Crippen LogP contribution is 2.75. The summed E-state index contributed by atoms with van der Waals surface area (Å²) in [6.45, 7) is 17.9. The summed E-state index contributed by atoms with van der Waals surface area (Å²) < 4.78 is 11.5. The zero-order valence-electron chi connectivity index (χ0n) is 26.8. The zero-order chi connectivity index (χ0) is 29.4. The van der Waals surface area contributed by atoms with Crippen molar-refractivity contribution in [3.05, 3.63) is 11.6 Å². The predicted octanol–water partition coefficient (Wildman–Crippen LogP) is 7.09. The van der Waals surface area contributed by atoms with Gasteiger partial charge in [-0.25, -0.2) is 0 Å². The van der Waals surface area contributed by atoms with E-state index in [0.717, 1.165) is 32.1 Å². The van der Waals surface area contributed by atoms with E-state index in [-0.39, 0.29) is 45.8 Å². The second-order valence-corrected chi connectivity index (χ2v) is 16.7. The van der Waals surface area contributed by atoms with Crippen LogP contribution >= 0.6 is 0 Å². The molecule has 0 bridgehead atoms. The third kappa shape index (κ3) is 4.29. The van der Waals surface area contributed by atoms with Gasteiger partial charge in [-0.05, 0) is 104 Å². The van der Waals surface area contributed by atoms with E-state index in [9.17, 15) is 15.0 Å². The first-order chi connectivity index (χ1) is 18.6. The molecule has 0 aromatic rings. The Balaban J connectivity index is 1.46. The fourth-order valence-corrected chi connectivity index (χ4v) is 11.5.